The Labute approximate surface area is 173 Å². The SMILES string of the molecule is OC(CN1CCc2cc(-c3cccnn3)ccc2C1)N1CCN(C2CCC2)CC1. The zero-order chi connectivity index (χ0) is 19.6. The number of aromatic nitrogens is 2. The highest BCUT2D eigenvalue weighted by Crippen LogP contribution is 2.27. The molecular formula is C23H31N5O. The van der Waals surface area contributed by atoms with Crippen LogP contribution in [0.25, 0.3) is 11.3 Å². The van der Waals surface area contributed by atoms with Gasteiger partial charge in [-0.2, -0.15) is 10.2 Å². The van der Waals surface area contributed by atoms with Crippen molar-refractivity contribution in [3.8, 4) is 11.3 Å². The Kier molecular flexibility index (Phi) is 5.59. The maximum absolute atomic E-state index is 10.8. The van der Waals surface area contributed by atoms with Gasteiger partial charge in [0.05, 0.1) is 5.69 Å². The van der Waals surface area contributed by atoms with E-state index in [4.69, 9.17) is 0 Å². The minimum absolute atomic E-state index is 0.362. The van der Waals surface area contributed by atoms with E-state index in [-0.39, 0.29) is 6.23 Å². The number of benzene rings is 1. The zero-order valence-electron chi connectivity index (χ0n) is 17.1. The molecule has 6 heteroatoms. The van der Waals surface area contributed by atoms with Crippen LogP contribution in [0.5, 0.6) is 0 Å². The molecule has 1 aromatic carbocycles. The van der Waals surface area contributed by atoms with E-state index in [1.807, 2.05) is 12.1 Å². The van der Waals surface area contributed by atoms with Gasteiger partial charge in [0.25, 0.3) is 0 Å². The average Bonchev–Trinajstić information content (AvgIpc) is 2.73. The lowest BCUT2D eigenvalue weighted by molar-refractivity contribution is -0.0560. The van der Waals surface area contributed by atoms with E-state index in [0.717, 1.165) is 69.5 Å². The van der Waals surface area contributed by atoms with Crippen molar-refractivity contribution >= 4 is 0 Å². The summed E-state index contributed by atoms with van der Waals surface area (Å²) in [5.74, 6) is 0. The van der Waals surface area contributed by atoms with Crippen molar-refractivity contribution in [1.82, 2.24) is 24.9 Å². The van der Waals surface area contributed by atoms with Crippen molar-refractivity contribution in [2.75, 3.05) is 39.3 Å². The molecule has 2 aliphatic heterocycles. The third-order valence-corrected chi connectivity index (χ3v) is 6.95. The predicted octanol–water partition coefficient (Wildman–Crippen LogP) is 1.99. The molecule has 0 radical (unpaired) electrons. The highest BCUT2D eigenvalue weighted by atomic mass is 16.3. The number of rotatable bonds is 5. The first-order valence-electron chi connectivity index (χ1n) is 11.0. The molecule has 0 spiro atoms. The quantitative estimate of drug-likeness (QED) is 0.839. The van der Waals surface area contributed by atoms with Gasteiger partial charge in [0.1, 0.15) is 6.23 Å². The van der Waals surface area contributed by atoms with Gasteiger partial charge < -0.3 is 5.11 Å². The summed E-state index contributed by atoms with van der Waals surface area (Å²) in [7, 11) is 0. The molecule has 1 aliphatic carbocycles. The maximum atomic E-state index is 10.8. The summed E-state index contributed by atoms with van der Waals surface area (Å²) in [6, 6.07) is 11.4. The summed E-state index contributed by atoms with van der Waals surface area (Å²) in [6.07, 6.45) is 6.50. The van der Waals surface area contributed by atoms with Crippen molar-refractivity contribution in [3.05, 3.63) is 47.7 Å². The van der Waals surface area contributed by atoms with Gasteiger partial charge >= 0.3 is 0 Å². The molecule has 1 saturated heterocycles. The molecule has 1 saturated carbocycles. The van der Waals surface area contributed by atoms with E-state index < -0.39 is 0 Å². The average molecular weight is 394 g/mol. The molecule has 2 aromatic rings. The largest absolute Gasteiger partial charge is 0.377 e. The maximum Gasteiger partial charge on any atom is 0.120 e. The fraction of sp³-hybridized carbons (Fsp3) is 0.565. The third kappa shape index (κ3) is 4.21. The Morgan fingerprint density at radius 1 is 1.03 bits per heavy atom. The third-order valence-electron chi connectivity index (χ3n) is 6.95. The number of aliphatic hydroxyl groups excluding tert-OH is 1. The summed E-state index contributed by atoms with van der Waals surface area (Å²) in [5.41, 5.74) is 4.82. The van der Waals surface area contributed by atoms with Gasteiger partial charge in [-0.25, -0.2) is 0 Å². The highest BCUT2D eigenvalue weighted by Gasteiger charge is 2.30. The number of piperazine rings is 1. The van der Waals surface area contributed by atoms with Crippen LogP contribution in [0.2, 0.25) is 0 Å². The van der Waals surface area contributed by atoms with Crippen LogP contribution in [0.15, 0.2) is 36.5 Å². The normalized spacial score (nSPS) is 22.8. The first-order valence-corrected chi connectivity index (χ1v) is 11.0. The molecule has 2 fully saturated rings. The zero-order valence-corrected chi connectivity index (χ0v) is 17.1. The number of hydrogen-bond acceptors (Lipinski definition) is 6. The smallest absolute Gasteiger partial charge is 0.120 e. The molecule has 154 valence electrons. The molecule has 3 heterocycles. The summed E-state index contributed by atoms with van der Waals surface area (Å²) in [4.78, 5) is 7.29. The topological polar surface area (TPSA) is 55.7 Å². The summed E-state index contributed by atoms with van der Waals surface area (Å²) in [5, 5.41) is 19.0. The Morgan fingerprint density at radius 3 is 2.62 bits per heavy atom. The van der Waals surface area contributed by atoms with Gasteiger partial charge in [-0.3, -0.25) is 14.7 Å². The van der Waals surface area contributed by atoms with E-state index >= 15 is 0 Å². The fourth-order valence-corrected chi connectivity index (χ4v) is 4.88. The van der Waals surface area contributed by atoms with Gasteiger partial charge in [0.2, 0.25) is 0 Å². The lowest BCUT2D eigenvalue weighted by Crippen LogP contribution is -2.56. The molecule has 1 N–H and O–H groups in total. The van der Waals surface area contributed by atoms with Crippen LogP contribution < -0.4 is 0 Å². The molecular weight excluding hydrogens is 362 g/mol. The molecule has 0 bridgehead atoms. The van der Waals surface area contributed by atoms with Crippen LogP contribution in [0.1, 0.15) is 30.4 Å². The molecule has 29 heavy (non-hydrogen) atoms. The molecule has 3 aliphatic rings. The van der Waals surface area contributed by atoms with Gasteiger partial charge in [0, 0.05) is 63.6 Å². The van der Waals surface area contributed by atoms with E-state index in [0.29, 0.717) is 0 Å². The van der Waals surface area contributed by atoms with Crippen LogP contribution in [0.4, 0.5) is 0 Å². The van der Waals surface area contributed by atoms with Crippen molar-refractivity contribution in [2.24, 2.45) is 0 Å². The second-order valence-electron chi connectivity index (χ2n) is 8.71. The van der Waals surface area contributed by atoms with E-state index in [2.05, 4.69) is 43.1 Å². The summed E-state index contributed by atoms with van der Waals surface area (Å²) < 4.78 is 0. The molecule has 1 atom stereocenters. The molecule has 0 amide bonds. The Hall–Kier alpha value is -1.86. The van der Waals surface area contributed by atoms with Crippen LogP contribution in [-0.4, -0.2) is 81.5 Å². The second kappa shape index (κ2) is 8.48. The lowest BCUT2D eigenvalue weighted by atomic mass is 9.91. The van der Waals surface area contributed by atoms with Crippen molar-refractivity contribution in [2.45, 2.75) is 44.5 Å². The van der Waals surface area contributed by atoms with Crippen LogP contribution in [-0.2, 0) is 13.0 Å². The van der Waals surface area contributed by atoms with Crippen LogP contribution in [0.3, 0.4) is 0 Å². The Balaban J connectivity index is 1.16. The monoisotopic (exact) mass is 393 g/mol. The fourth-order valence-electron chi connectivity index (χ4n) is 4.88. The van der Waals surface area contributed by atoms with E-state index in [1.165, 1.54) is 30.4 Å². The van der Waals surface area contributed by atoms with Crippen molar-refractivity contribution < 1.29 is 5.11 Å². The summed E-state index contributed by atoms with van der Waals surface area (Å²) >= 11 is 0. The predicted molar refractivity (Wildman–Crippen MR) is 113 cm³/mol. The Morgan fingerprint density at radius 2 is 1.90 bits per heavy atom. The van der Waals surface area contributed by atoms with E-state index in [9.17, 15) is 5.11 Å². The van der Waals surface area contributed by atoms with Crippen LogP contribution in [0, 0.1) is 0 Å². The summed E-state index contributed by atoms with van der Waals surface area (Å²) in [6.45, 7) is 6.83. The standard InChI is InChI=1S/C23H31N5O/c29-23(28-13-11-27(12-14-28)21-3-1-4-21)17-26-10-8-18-15-19(6-7-20(18)16-26)22-5-2-9-24-25-22/h2,5-7,9,15,21,23,29H,1,3-4,8,10-14,16-17H2. The molecule has 1 unspecified atom stereocenters. The number of nitrogens with zero attached hydrogens (tertiary/aromatic N) is 5. The Bertz CT molecular complexity index is 817. The van der Waals surface area contributed by atoms with Crippen molar-refractivity contribution in [3.63, 3.8) is 0 Å². The minimum Gasteiger partial charge on any atom is -0.377 e. The van der Waals surface area contributed by atoms with Gasteiger partial charge in [-0.1, -0.05) is 18.6 Å². The molecule has 6 nitrogen and oxygen atoms in total. The first kappa shape index (κ1) is 19.1. The molecule has 1 aromatic heterocycles. The number of β-amino-alcohol motifs (C(OH)–C–C–N with tert-alkyl or cyclic N) is 1. The van der Waals surface area contributed by atoms with Crippen molar-refractivity contribution in [1.29, 1.82) is 0 Å². The van der Waals surface area contributed by atoms with Gasteiger partial charge in [0.15, 0.2) is 0 Å². The lowest BCUT2D eigenvalue weighted by Gasteiger charge is -2.44. The number of hydrogen-bond donors (Lipinski definition) is 1. The van der Waals surface area contributed by atoms with Gasteiger partial charge in [-0.15, -0.1) is 0 Å². The second-order valence-corrected chi connectivity index (χ2v) is 8.71. The van der Waals surface area contributed by atoms with E-state index in [1.54, 1.807) is 6.20 Å². The van der Waals surface area contributed by atoms with Gasteiger partial charge in [-0.05, 0) is 48.6 Å². The minimum atomic E-state index is -0.362. The number of fused-ring (bicyclic) bond motifs is 1. The highest BCUT2D eigenvalue weighted by molar-refractivity contribution is 5.60. The first-order chi connectivity index (χ1) is 14.3. The molecule has 5 rings (SSSR count). The number of aliphatic hydroxyl groups is 1. The van der Waals surface area contributed by atoms with Crippen LogP contribution >= 0.6 is 0 Å².